The monoisotopic (exact) mass is 454 g/mol. The molecule has 8 nitrogen and oxygen atoms in total. The van der Waals surface area contributed by atoms with Gasteiger partial charge in [0.2, 0.25) is 0 Å². The fourth-order valence-electron chi connectivity index (χ4n) is 4.52. The molecular formula is C23H30N6O2S. The van der Waals surface area contributed by atoms with Gasteiger partial charge in [-0.3, -0.25) is 9.69 Å². The fourth-order valence-corrected chi connectivity index (χ4v) is 5.80. The van der Waals surface area contributed by atoms with E-state index < -0.39 is 0 Å². The lowest BCUT2D eigenvalue weighted by Crippen LogP contribution is -2.48. The molecule has 170 valence electrons. The summed E-state index contributed by atoms with van der Waals surface area (Å²) in [5, 5.41) is 7.37. The predicted molar refractivity (Wildman–Crippen MR) is 129 cm³/mol. The molecule has 0 aliphatic carbocycles. The minimum absolute atomic E-state index is 0.0431. The summed E-state index contributed by atoms with van der Waals surface area (Å²) < 4.78 is 5.90. The molecule has 0 bridgehead atoms. The number of carbonyl (C=O) groups is 1. The van der Waals surface area contributed by atoms with Crippen molar-refractivity contribution < 1.29 is 9.21 Å². The first kappa shape index (κ1) is 21.2. The molecule has 4 heterocycles. The Morgan fingerprint density at radius 1 is 1.19 bits per heavy atom. The predicted octanol–water partition coefficient (Wildman–Crippen LogP) is 2.47. The van der Waals surface area contributed by atoms with Gasteiger partial charge in [0.05, 0.1) is 5.56 Å². The summed E-state index contributed by atoms with van der Waals surface area (Å²) >= 11 is 1.71. The number of benzene rings is 1. The first-order chi connectivity index (χ1) is 15.6. The molecule has 2 N–H and O–H groups in total. The van der Waals surface area contributed by atoms with E-state index in [4.69, 9.17) is 4.42 Å². The highest BCUT2D eigenvalue weighted by Crippen LogP contribution is 2.36. The van der Waals surface area contributed by atoms with Crippen LogP contribution in [0, 0.1) is 0 Å². The lowest BCUT2D eigenvalue weighted by Gasteiger charge is -2.33. The number of amides is 1. The van der Waals surface area contributed by atoms with Crippen LogP contribution in [0.2, 0.25) is 0 Å². The van der Waals surface area contributed by atoms with Crippen molar-refractivity contribution in [1.82, 2.24) is 20.1 Å². The van der Waals surface area contributed by atoms with E-state index in [9.17, 15) is 4.79 Å². The molecule has 2 aliphatic rings. The maximum absolute atomic E-state index is 13.0. The number of carbonyl (C=O) groups excluding carboxylic acids is 1. The number of thiophene rings is 1. The van der Waals surface area contributed by atoms with Crippen molar-refractivity contribution in [2.24, 2.45) is 0 Å². The number of oxazole rings is 1. The van der Waals surface area contributed by atoms with E-state index in [0.717, 1.165) is 73.9 Å². The van der Waals surface area contributed by atoms with Crippen molar-refractivity contribution >= 4 is 39.4 Å². The Balaban J connectivity index is 1.13. The van der Waals surface area contributed by atoms with Crippen LogP contribution >= 0.6 is 11.3 Å². The van der Waals surface area contributed by atoms with Crippen molar-refractivity contribution in [2.45, 2.75) is 13.0 Å². The molecule has 2 aromatic heterocycles. The second-order valence-corrected chi connectivity index (χ2v) is 9.60. The zero-order valence-electron chi connectivity index (χ0n) is 18.7. The maximum atomic E-state index is 13.0. The normalized spacial score (nSPS) is 17.5. The third-order valence-corrected chi connectivity index (χ3v) is 7.58. The van der Waals surface area contributed by atoms with Gasteiger partial charge < -0.3 is 24.9 Å². The summed E-state index contributed by atoms with van der Waals surface area (Å²) in [4.78, 5) is 25.8. The number of nitrogens with one attached hydrogen (secondary N) is 2. The zero-order valence-corrected chi connectivity index (χ0v) is 19.5. The number of rotatable bonds is 6. The lowest BCUT2D eigenvalue weighted by molar-refractivity contribution is 0.0947. The minimum Gasteiger partial charge on any atom is -0.423 e. The first-order valence-electron chi connectivity index (χ1n) is 11.2. The fraction of sp³-hybridized carbons (Fsp3) is 0.478. The Bertz CT molecular complexity index is 1070. The molecule has 0 saturated carbocycles. The van der Waals surface area contributed by atoms with Gasteiger partial charge in [-0.1, -0.05) is 12.1 Å². The van der Waals surface area contributed by atoms with Gasteiger partial charge in [0.25, 0.3) is 11.9 Å². The number of fused-ring (bicyclic) bond motifs is 2. The molecule has 3 aromatic rings. The molecule has 1 amide bonds. The highest BCUT2D eigenvalue weighted by molar-refractivity contribution is 7.16. The Labute approximate surface area is 192 Å². The summed E-state index contributed by atoms with van der Waals surface area (Å²) in [6, 6.07) is 8.57. The second kappa shape index (κ2) is 9.09. The van der Waals surface area contributed by atoms with Crippen molar-refractivity contribution in [3.05, 3.63) is 40.3 Å². The largest absolute Gasteiger partial charge is 0.423 e. The Morgan fingerprint density at radius 3 is 2.78 bits per heavy atom. The highest BCUT2D eigenvalue weighted by atomic mass is 32.1. The van der Waals surface area contributed by atoms with Gasteiger partial charge in [-0.15, -0.1) is 11.3 Å². The van der Waals surface area contributed by atoms with E-state index in [1.165, 1.54) is 10.4 Å². The number of hydrogen-bond donors (Lipinski definition) is 2. The molecular weight excluding hydrogens is 424 g/mol. The van der Waals surface area contributed by atoms with Crippen LogP contribution in [0.1, 0.15) is 20.8 Å². The third-order valence-electron chi connectivity index (χ3n) is 6.34. The van der Waals surface area contributed by atoms with E-state index in [2.05, 4.69) is 37.4 Å². The van der Waals surface area contributed by atoms with E-state index >= 15 is 0 Å². The van der Waals surface area contributed by atoms with Crippen molar-refractivity contribution in [1.29, 1.82) is 0 Å². The number of hydrogen-bond acceptors (Lipinski definition) is 8. The van der Waals surface area contributed by atoms with Crippen LogP contribution in [0.5, 0.6) is 0 Å². The Morgan fingerprint density at radius 2 is 2.00 bits per heavy atom. The molecule has 0 atom stereocenters. The smallest absolute Gasteiger partial charge is 0.298 e. The lowest BCUT2D eigenvalue weighted by atomic mass is 10.0. The molecule has 1 fully saturated rings. The summed E-state index contributed by atoms with van der Waals surface area (Å²) in [7, 11) is 4.03. The van der Waals surface area contributed by atoms with Crippen LogP contribution in [0.4, 0.5) is 11.0 Å². The SMILES string of the molecule is CNc1sc2c(c1C(=O)NCCN1CCN(c3nc4ccccc4o3)CC1)CCN(C)C2. The standard InChI is InChI=1S/C23H30N6O2S/c1-24-22-20(16-7-9-27(2)15-19(16)32-22)21(30)25-8-10-28-11-13-29(14-12-28)23-26-17-5-3-4-6-18(17)31-23/h3-6,24H,7-15H2,1-2H3,(H,25,30). The van der Waals surface area contributed by atoms with Gasteiger partial charge in [-0.05, 0) is 31.2 Å². The number of aromatic nitrogens is 1. The first-order valence-corrected chi connectivity index (χ1v) is 12.1. The number of nitrogens with zero attached hydrogens (tertiary/aromatic N) is 4. The van der Waals surface area contributed by atoms with E-state index in [-0.39, 0.29) is 5.91 Å². The average Bonchev–Trinajstić information content (AvgIpc) is 3.40. The van der Waals surface area contributed by atoms with Gasteiger partial charge in [0.1, 0.15) is 10.5 Å². The molecule has 32 heavy (non-hydrogen) atoms. The van der Waals surface area contributed by atoms with Crippen LogP contribution in [0.15, 0.2) is 28.7 Å². The van der Waals surface area contributed by atoms with Crippen molar-refractivity contribution in [3.8, 4) is 0 Å². The average molecular weight is 455 g/mol. The zero-order chi connectivity index (χ0) is 22.1. The minimum atomic E-state index is 0.0431. The van der Waals surface area contributed by atoms with E-state index in [0.29, 0.717) is 12.6 Å². The number of likely N-dealkylation sites (N-methyl/N-ethyl adjacent to an activating group) is 1. The second-order valence-electron chi connectivity index (χ2n) is 8.49. The van der Waals surface area contributed by atoms with Gasteiger partial charge in [-0.25, -0.2) is 0 Å². The molecule has 1 saturated heterocycles. The van der Waals surface area contributed by atoms with Crippen LogP contribution < -0.4 is 15.5 Å². The van der Waals surface area contributed by atoms with Crippen LogP contribution in [-0.4, -0.2) is 80.6 Å². The Hall–Kier alpha value is -2.62. The number of para-hydroxylation sites is 2. The van der Waals surface area contributed by atoms with E-state index in [1.807, 2.05) is 31.3 Å². The van der Waals surface area contributed by atoms with E-state index in [1.54, 1.807) is 11.3 Å². The number of anilines is 2. The Kier molecular flexibility index (Phi) is 6.03. The topological polar surface area (TPSA) is 76.9 Å². The molecule has 0 unspecified atom stereocenters. The van der Waals surface area contributed by atoms with Crippen LogP contribution in [0.25, 0.3) is 11.1 Å². The summed E-state index contributed by atoms with van der Waals surface area (Å²) in [5.41, 5.74) is 3.80. The molecule has 2 aliphatic heterocycles. The molecule has 0 radical (unpaired) electrons. The van der Waals surface area contributed by atoms with Crippen molar-refractivity contribution in [3.63, 3.8) is 0 Å². The quantitative estimate of drug-likeness (QED) is 0.593. The van der Waals surface area contributed by atoms with Gasteiger partial charge in [0, 0.05) is 64.3 Å². The summed E-state index contributed by atoms with van der Waals surface area (Å²) in [5.74, 6) is 0.0431. The summed E-state index contributed by atoms with van der Waals surface area (Å²) in [6.45, 7) is 7.01. The number of piperazine rings is 1. The van der Waals surface area contributed by atoms with Gasteiger partial charge >= 0.3 is 0 Å². The van der Waals surface area contributed by atoms with Crippen molar-refractivity contribution in [2.75, 3.05) is 70.1 Å². The highest BCUT2D eigenvalue weighted by Gasteiger charge is 2.27. The molecule has 5 rings (SSSR count). The molecule has 1 aromatic carbocycles. The van der Waals surface area contributed by atoms with Crippen LogP contribution in [-0.2, 0) is 13.0 Å². The molecule has 9 heteroatoms. The third kappa shape index (κ3) is 4.20. The van der Waals surface area contributed by atoms with Gasteiger partial charge in [-0.2, -0.15) is 4.98 Å². The van der Waals surface area contributed by atoms with Gasteiger partial charge in [0.15, 0.2) is 5.58 Å². The maximum Gasteiger partial charge on any atom is 0.298 e. The molecule has 0 spiro atoms. The summed E-state index contributed by atoms with van der Waals surface area (Å²) in [6.07, 6.45) is 0.935. The van der Waals surface area contributed by atoms with Crippen LogP contribution in [0.3, 0.4) is 0 Å².